The number of benzene rings is 7. The monoisotopic (exact) mass is 686 g/mol. The Morgan fingerprint density at radius 1 is 0.373 bits per heavy atom. The molecule has 0 amide bonds. The first-order chi connectivity index (χ1) is 25.3. The van der Waals surface area contributed by atoms with E-state index in [1.165, 1.54) is 67.8 Å². The van der Waals surface area contributed by atoms with E-state index < -0.39 is 0 Å². The molecule has 0 aliphatic heterocycles. The van der Waals surface area contributed by atoms with Gasteiger partial charge in [0.05, 0.1) is 21.4 Å². The normalized spacial score (nSPS) is 11.9. The molecule has 0 N–H and O–H groups in total. The molecule has 7 aromatic carbocycles. The summed E-state index contributed by atoms with van der Waals surface area (Å²) in [4.78, 5) is 15.0. The molecular weight excluding hydrogens is 661 g/mol. The molecule has 0 bridgehead atoms. The van der Waals surface area contributed by atoms with Crippen molar-refractivity contribution in [1.82, 2.24) is 19.5 Å². The lowest BCUT2D eigenvalue weighted by Crippen LogP contribution is -2.00. The summed E-state index contributed by atoms with van der Waals surface area (Å²) in [6.45, 7) is 0. The molecule has 0 spiro atoms. The molecule has 0 fully saturated rings. The zero-order chi connectivity index (χ0) is 33.5. The zero-order valence-electron chi connectivity index (χ0n) is 27.1. The number of fused-ring (bicyclic) bond motifs is 10. The molecule has 0 saturated heterocycles. The zero-order valence-corrected chi connectivity index (χ0v) is 28.7. The summed E-state index contributed by atoms with van der Waals surface area (Å²) >= 11 is 3.74. The fourth-order valence-corrected chi connectivity index (χ4v) is 10.1. The van der Waals surface area contributed by atoms with Gasteiger partial charge in [-0.05, 0) is 42.5 Å². The van der Waals surface area contributed by atoms with Gasteiger partial charge in [-0.25, -0.2) is 15.0 Å². The van der Waals surface area contributed by atoms with Crippen LogP contribution in [0, 0.1) is 0 Å². The first kappa shape index (κ1) is 28.6. The number of thiophene rings is 2. The maximum absolute atomic E-state index is 5.04. The highest BCUT2D eigenvalue weighted by Crippen LogP contribution is 2.47. The second-order valence-corrected chi connectivity index (χ2v) is 14.9. The van der Waals surface area contributed by atoms with Crippen LogP contribution in [-0.2, 0) is 0 Å². The molecule has 0 radical (unpaired) electrons. The Morgan fingerprint density at radius 3 is 1.59 bits per heavy atom. The van der Waals surface area contributed by atoms with Gasteiger partial charge in [0.2, 0.25) is 0 Å². The van der Waals surface area contributed by atoms with E-state index >= 15 is 0 Å². The highest BCUT2D eigenvalue weighted by Gasteiger charge is 2.20. The van der Waals surface area contributed by atoms with Crippen molar-refractivity contribution >= 4 is 84.8 Å². The molecule has 0 aliphatic rings. The van der Waals surface area contributed by atoms with Crippen molar-refractivity contribution in [2.75, 3.05) is 0 Å². The van der Waals surface area contributed by atoms with Gasteiger partial charge in [0, 0.05) is 63.1 Å². The Bertz CT molecular complexity index is 3030. The van der Waals surface area contributed by atoms with Crippen LogP contribution in [0.15, 0.2) is 158 Å². The average Bonchev–Trinajstić information content (AvgIpc) is 3.88. The summed E-state index contributed by atoms with van der Waals surface area (Å²) in [6, 6.07) is 55.8. The summed E-state index contributed by atoms with van der Waals surface area (Å²) in [5, 5.41) is 7.64. The van der Waals surface area contributed by atoms with Crippen LogP contribution in [0.25, 0.3) is 102 Å². The lowest BCUT2D eigenvalue weighted by atomic mass is 10.1. The molecule has 6 heteroatoms. The predicted octanol–water partition coefficient (Wildman–Crippen LogP) is 12.7. The molecule has 0 aliphatic carbocycles. The van der Waals surface area contributed by atoms with Crippen LogP contribution in [0.5, 0.6) is 0 Å². The lowest BCUT2D eigenvalue weighted by molar-refractivity contribution is 1.07. The number of rotatable bonds is 4. The van der Waals surface area contributed by atoms with Crippen molar-refractivity contribution in [2.45, 2.75) is 0 Å². The van der Waals surface area contributed by atoms with Crippen LogP contribution in [-0.4, -0.2) is 19.5 Å². The van der Waals surface area contributed by atoms with Gasteiger partial charge >= 0.3 is 0 Å². The third-order valence-electron chi connectivity index (χ3n) is 9.86. The van der Waals surface area contributed by atoms with Gasteiger partial charge in [0.25, 0.3) is 0 Å². The van der Waals surface area contributed by atoms with Gasteiger partial charge in [0.15, 0.2) is 17.5 Å². The van der Waals surface area contributed by atoms with Crippen LogP contribution in [0.1, 0.15) is 0 Å². The van der Waals surface area contributed by atoms with Crippen molar-refractivity contribution in [1.29, 1.82) is 0 Å². The van der Waals surface area contributed by atoms with Crippen molar-refractivity contribution in [3.8, 4) is 39.9 Å². The Balaban J connectivity index is 1.15. The van der Waals surface area contributed by atoms with E-state index in [-0.39, 0.29) is 0 Å². The smallest absolute Gasteiger partial charge is 0.164 e. The summed E-state index contributed by atoms with van der Waals surface area (Å²) < 4.78 is 7.58. The van der Waals surface area contributed by atoms with Crippen molar-refractivity contribution in [2.24, 2.45) is 0 Å². The molecule has 4 aromatic heterocycles. The van der Waals surface area contributed by atoms with Gasteiger partial charge in [-0.1, -0.05) is 115 Å². The largest absolute Gasteiger partial charge is 0.308 e. The third kappa shape index (κ3) is 4.40. The summed E-state index contributed by atoms with van der Waals surface area (Å²) in [7, 11) is 0. The maximum Gasteiger partial charge on any atom is 0.164 e. The second kappa shape index (κ2) is 11.2. The van der Waals surface area contributed by atoms with Crippen LogP contribution in [0.4, 0.5) is 0 Å². The highest BCUT2D eigenvalue weighted by atomic mass is 32.1. The van der Waals surface area contributed by atoms with E-state index in [1.54, 1.807) is 0 Å². The van der Waals surface area contributed by atoms with E-state index in [2.05, 4.69) is 126 Å². The number of aromatic nitrogens is 4. The number of nitrogens with zero attached hydrogens (tertiary/aromatic N) is 4. The fourth-order valence-electron chi connectivity index (χ4n) is 7.54. The van der Waals surface area contributed by atoms with E-state index in [4.69, 9.17) is 15.0 Å². The van der Waals surface area contributed by atoms with E-state index in [0.717, 1.165) is 16.7 Å². The van der Waals surface area contributed by atoms with E-state index in [9.17, 15) is 0 Å². The SMILES string of the molecule is c1ccc(-c2nc(-c3ccccc3)nc(-c3ccc4sc5ccc6c7cccc(-n8c9ccccc9c9ccccc98)c7sc6c5c4c3)n2)cc1. The molecule has 0 unspecified atom stereocenters. The molecule has 4 heterocycles. The molecule has 11 rings (SSSR count). The van der Waals surface area contributed by atoms with Crippen LogP contribution >= 0.6 is 22.7 Å². The predicted molar refractivity (Wildman–Crippen MR) is 216 cm³/mol. The maximum atomic E-state index is 5.04. The first-order valence-electron chi connectivity index (χ1n) is 16.9. The Kier molecular flexibility index (Phi) is 6.26. The quantitative estimate of drug-likeness (QED) is 0.185. The Hall–Kier alpha value is -6.21. The number of hydrogen-bond acceptors (Lipinski definition) is 5. The Labute approximate surface area is 300 Å². The molecule has 4 nitrogen and oxygen atoms in total. The van der Waals surface area contributed by atoms with Crippen molar-refractivity contribution in [3.63, 3.8) is 0 Å². The Morgan fingerprint density at radius 2 is 0.922 bits per heavy atom. The van der Waals surface area contributed by atoms with Crippen molar-refractivity contribution in [3.05, 3.63) is 158 Å². The topological polar surface area (TPSA) is 43.6 Å². The minimum Gasteiger partial charge on any atom is -0.308 e. The van der Waals surface area contributed by atoms with Crippen LogP contribution in [0.3, 0.4) is 0 Å². The molecule has 0 atom stereocenters. The summed E-state index contributed by atoms with van der Waals surface area (Å²) in [5.41, 5.74) is 6.57. The summed E-state index contributed by atoms with van der Waals surface area (Å²) in [6.07, 6.45) is 0. The van der Waals surface area contributed by atoms with E-state index in [1.807, 2.05) is 59.1 Å². The van der Waals surface area contributed by atoms with Crippen molar-refractivity contribution < 1.29 is 0 Å². The summed E-state index contributed by atoms with van der Waals surface area (Å²) in [5.74, 6) is 2.00. The highest BCUT2D eigenvalue weighted by molar-refractivity contribution is 7.30. The molecule has 11 aromatic rings. The molecule has 0 saturated carbocycles. The number of hydrogen-bond donors (Lipinski definition) is 0. The molecular formula is C45H26N4S2. The van der Waals surface area contributed by atoms with Crippen LogP contribution < -0.4 is 0 Å². The van der Waals surface area contributed by atoms with E-state index in [0.29, 0.717) is 17.5 Å². The van der Waals surface area contributed by atoms with Crippen LogP contribution in [0.2, 0.25) is 0 Å². The molecule has 238 valence electrons. The third-order valence-corrected chi connectivity index (χ3v) is 12.3. The second-order valence-electron chi connectivity index (χ2n) is 12.8. The standard InChI is InChI=1S/C45H26N4S2/c1-3-12-27(13-4-1)43-46-44(28-14-5-2-6-15-28)48-45(47-43)29-22-24-38-34(26-29)40-39(50-38)25-23-33-32-18-11-21-37(41(32)51-42(33)40)49-35-19-9-7-16-30(35)31-17-8-10-20-36(31)49/h1-26H. The molecule has 51 heavy (non-hydrogen) atoms. The lowest BCUT2D eigenvalue weighted by Gasteiger charge is -2.09. The number of para-hydroxylation sites is 2. The average molecular weight is 687 g/mol. The minimum atomic E-state index is 0.666. The fraction of sp³-hybridized carbons (Fsp3) is 0. The van der Waals surface area contributed by atoms with Gasteiger partial charge in [-0.2, -0.15) is 0 Å². The van der Waals surface area contributed by atoms with Gasteiger partial charge in [-0.15, -0.1) is 22.7 Å². The van der Waals surface area contributed by atoms with Gasteiger partial charge in [-0.3, -0.25) is 0 Å². The van der Waals surface area contributed by atoms with Gasteiger partial charge < -0.3 is 4.57 Å². The van der Waals surface area contributed by atoms with Gasteiger partial charge in [0.1, 0.15) is 0 Å². The first-order valence-corrected chi connectivity index (χ1v) is 18.6. The minimum absolute atomic E-state index is 0.666.